The topological polar surface area (TPSA) is 42.6 Å². The Hall–Kier alpha value is -0.760. The van der Waals surface area contributed by atoms with E-state index in [4.69, 9.17) is 5.26 Å². The Labute approximate surface area is 74.2 Å². The molecule has 1 unspecified atom stereocenters. The summed E-state index contributed by atoms with van der Waals surface area (Å²) in [6.45, 7) is 4.04. The number of hydrogen-bond donors (Lipinski definition) is 0. The van der Waals surface area contributed by atoms with Crippen molar-refractivity contribution >= 4 is 22.3 Å². The van der Waals surface area contributed by atoms with Gasteiger partial charge in [-0.25, -0.2) is 4.90 Å². The number of halogens is 1. The highest BCUT2D eigenvalue weighted by atomic mass is 79.9. The van der Waals surface area contributed by atoms with Crippen molar-refractivity contribution in [2.45, 2.75) is 25.0 Å². The summed E-state index contributed by atoms with van der Waals surface area (Å²) in [5, 5.41) is 14.3. The largest absolute Gasteiger partial charge is 0.259 e. The molecular weight excluding hydrogens is 208 g/mol. The molecule has 1 aliphatic heterocycles. The minimum Gasteiger partial charge on any atom is -0.259 e. The molecule has 5 heteroatoms. The van der Waals surface area contributed by atoms with Crippen molar-refractivity contribution in [1.29, 1.82) is 5.26 Å². The van der Waals surface area contributed by atoms with Gasteiger partial charge in [-0.2, -0.15) is 10.4 Å². The van der Waals surface area contributed by atoms with E-state index in [0.717, 1.165) is 0 Å². The van der Waals surface area contributed by atoms with E-state index in [1.54, 1.807) is 0 Å². The van der Waals surface area contributed by atoms with Gasteiger partial charge in [-0.05, 0) is 29.8 Å². The van der Waals surface area contributed by atoms with Crippen LogP contribution in [0.5, 0.6) is 0 Å². The van der Waals surface area contributed by atoms with Crippen LogP contribution in [0.1, 0.15) is 13.8 Å². The van der Waals surface area contributed by atoms with Crippen LogP contribution < -0.4 is 0 Å². The molecule has 0 aliphatic carbocycles. The number of nitriles is 1. The van der Waals surface area contributed by atoms with Crippen LogP contribution in [-0.4, -0.2) is 27.4 Å². The summed E-state index contributed by atoms with van der Waals surface area (Å²) in [7, 11) is 0. The van der Waals surface area contributed by atoms with E-state index in [1.165, 1.54) is 11.2 Å². The number of hydrogen-bond acceptors (Lipinski definition) is 4. The minimum atomic E-state index is -0.118. The van der Waals surface area contributed by atoms with Crippen molar-refractivity contribution in [1.82, 2.24) is 9.91 Å². The van der Waals surface area contributed by atoms with E-state index in [2.05, 4.69) is 21.0 Å². The first kappa shape index (κ1) is 8.34. The maximum absolute atomic E-state index is 8.56. The average molecular weight is 217 g/mol. The van der Waals surface area contributed by atoms with Crippen LogP contribution >= 0.6 is 15.9 Å². The molecule has 0 radical (unpaired) electrons. The van der Waals surface area contributed by atoms with Crippen LogP contribution in [0.2, 0.25) is 0 Å². The number of alkyl halides is 1. The maximum Gasteiger partial charge on any atom is 0.189 e. The summed E-state index contributed by atoms with van der Waals surface area (Å²) in [6.07, 6.45) is 3.51. The zero-order chi connectivity index (χ0) is 8.43. The lowest BCUT2D eigenvalue weighted by atomic mass is 10.4. The molecule has 0 spiro atoms. The Balaban J connectivity index is 2.65. The third kappa shape index (κ3) is 1.46. The molecule has 0 aromatic rings. The fraction of sp³-hybridized carbons (Fsp3) is 0.667. The van der Waals surface area contributed by atoms with Gasteiger partial charge in [0.05, 0.1) is 0 Å². The summed E-state index contributed by atoms with van der Waals surface area (Å²) in [5.74, 6) is 0. The standard InChI is InChI=1S/C6H9BrN4/c1-5(2)11-6(7)10(3-8)4-9-11/h4-6H,1-2H3. The van der Waals surface area contributed by atoms with Gasteiger partial charge in [-0.15, -0.1) is 0 Å². The molecule has 0 aromatic heterocycles. The molecule has 0 amide bonds. The van der Waals surface area contributed by atoms with Crippen LogP contribution in [0.25, 0.3) is 0 Å². The van der Waals surface area contributed by atoms with Crippen molar-refractivity contribution in [3.8, 4) is 6.19 Å². The van der Waals surface area contributed by atoms with Gasteiger partial charge < -0.3 is 0 Å². The fourth-order valence-corrected chi connectivity index (χ4v) is 1.58. The summed E-state index contributed by atoms with van der Waals surface area (Å²) >= 11 is 3.34. The van der Waals surface area contributed by atoms with Gasteiger partial charge in [-0.3, -0.25) is 5.01 Å². The van der Waals surface area contributed by atoms with Crippen LogP contribution in [0.3, 0.4) is 0 Å². The third-order valence-electron chi connectivity index (χ3n) is 1.40. The Bertz CT molecular complexity index is 207. The van der Waals surface area contributed by atoms with Gasteiger partial charge in [0.25, 0.3) is 0 Å². The summed E-state index contributed by atoms with van der Waals surface area (Å²) in [4.78, 5) is 1.44. The van der Waals surface area contributed by atoms with Crippen molar-refractivity contribution in [2.24, 2.45) is 5.10 Å². The quantitative estimate of drug-likeness (QED) is 0.375. The van der Waals surface area contributed by atoms with Gasteiger partial charge in [0, 0.05) is 6.04 Å². The van der Waals surface area contributed by atoms with Gasteiger partial charge in [0.2, 0.25) is 0 Å². The SMILES string of the molecule is CC(C)N1N=CN(C#N)C1Br. The van der Waals surface area contributed by atoms with Gasteiger partial charge in [-0.1, -0.05) is 0 Å². The molecular formula is C6H9BrN4. The van der Waals surface area contributed by atoms with E-state index < -0.39 is 0 Å². The lowest BCUT2D eigenvalue weighted by molar-refractivity contribution is 0.196. The lowest BCUT2D eigenvalue weighted by Crippen LogP contribution is -2.35. The molecule has 1 atom stereocenters. The smallest absolute Gasteiger partial charge is 0.189 e. The molecule has 0 fully saturated rings. The van der Waals surface area contributed by atoms with Gasteiger partial charge >= 0.3 is 0 Å². The van der Waals surface area contributed by atoms with Crippen LogP contribution in [0.4, 0.5) is 0 Å². The summed E-state index contributed by atoms with van der Waals surface area (Å²) in [5.41, 5.74) is 0. The zero-order valence-corrected chi connectivity index (χ0v) is 7.98. The molecule has 0 bridgehead atoms. The Morgan fingerprint density at radius 1 is 1.73 bits per heavy atom. The van der Waals surface area contributed by atoms with E-state index >= 15 is 0 Å². The predicted octanol–water partition coefficient (Wildman–Crippen LogP) is 1.12. The van der Waals surface area contributed by atoms with Crippen molar-refractivity contribution in [3.05, 3.63) is 0 Å². The van der Waals surface area contributed by atoms with Crippen molar-refractivity contribution < 1.29 is 0 Å². The molecule has 1 rings (SSSR count). The first-order chi connectivity index (χ1) is 5.16. The van der Waals surface area contributed by atoms with E-state index in [1.807, 2.05) is 25.0 Å². The number of rotatable bonds is 1. The Kier molecular flexibility index (Phi) is 2.35. The second kappa shape index (κ2) is 3.09. The third-order valence-corrected chi connectivity index (χ3v) is 2.26. The minimum absolute atomic E-state index is 0.118. The van der Waals surface area contributed by atoms with Gasteiger partial charge in [0.1, 0.15) is 6.34 Å². The van der Waals surface area contributed by atoms with Crippen molar-refractivity contribution in [3.63, 3.8) is 0 Å². The maximum atomic E-state index is 8.56. The lowest BCUT2D eigenvalue weighted by Gasteiger charge is -2.24. The highest BCUT2D eigenvalue weighted by Crippen LogP contribution is 2.19. The second-order valence-corrected chi connectivity index (χ2v) is 3.34. The average Bonchev–Trinajstić information content (AvgIpc) is 2.30. The molecule has 1 heterocycles. The highest BCUT2D eigenvalue weighted by molar-refractivity contribution is 9.09. The predicted molar refractivity (Wildman–Crippen MR) is 45.6 cm³/mol. The van der Waals surface area contributed by atoms with E-state index in [-0.39, 0.29) is 5.08 Å². The second-order valence-electron chi connectivity index (χ2n) is 2.52. The Morgan fingerprint density at radius 2 is 2.36 bits per heavy atom. The monoisotopic (exact) mass is 216 g/mol. The normalized spacial score (nSPS) is 23.0. The number of nitrogens with zero attached hydrogens (tertiary/aromatic N) is 4. The first-order valence-electron chi connectivity index (χ1n) is 3.31. The number of hydrazone groups is 1. The van der Waals surface area contributed by atoms with Crippen LogP contribution in [0.15, 0.2) is 5.10 Å². The molecule has 0 saturated carbocycles. The van der Waals surface area contributed by atoms with Crippen LogP contribution in [0, 0.1) is 11.5 Å². The van der Waals surface area contributed by atoms with Gasteiger partial charge in [0.15, 0.2) is 11.3 Å². The molecule has 0 aromatic carbocycles. The van der Waals surface area contributed by atoms with E-state index in [9.17, 15) is 0 Å². The first-order valence-corrected chi connectivity index (χ1v) is 4.23. The highest BCUT2D eigenvalue weighted by Gasteiger charge is 2.26. The zero-order valence-electron chi connectivity index (χ0n) is 6.40. The van der Waals surface area contributed by atoms with E-state index in [0.29, 0.717) is 6.04 Å². The molecule has 1 aliphatic rings. The fourth-order valence-electron chi connectivity index (χ4n) is 0.806. The molecule has 60 valence electrons. The molecule has 0 saturated heterocycles. The molecule has 0 N–H and O–H groups in total. The molecule has 4 nitrogen and oxygen atoms in total. The van der Waals surface area contributed by atoms with Crippen LogP contribution in [-0.2, 0) is 0 Å². The van der Waals surface area contributed by atoms with Crippen molar-refractivity contribution in [2.75, 3.05) is 0 Å². The molecule has 11 heavy (non-hydrogen) atoms. The summed E-state index contributed by atoms with van der Waals surface area (Å²) in [6, 6.07) is 0.300. The Morgan fingerprint density at radius 3 is 2.64 bits per heavy atom. The summed E-state index contributed by atoms with van der Waals surface area (Å²) < 4.78 is 0.